The summed E-state index contributed by atoms with van der Waals surface area (Å²) in [6.45, 7) is 1.88. The monoisotopic (exact) mass is 476 g/mol. The summed E-state index contributed by atoms with van der Waals surface area (Å²) in [4.78, 5) is 24.5. The summed E-state index contributed by atoms with van der Waals surface area (Å²) in [6.07, 6.45) is 1.52. The number of nitrogens with zero attached hydrogens (tertiary/aromatic N) is 1. The molecule has 3 aromatic carbocycles. The van der Waals surface area contributed by atoms with Crippen LogP contribution in [0.2, 0.25) is 0 Å². The summed E-state index contributed by atoms with van der Waals surface area (Å²) < 4.78 is 32.8. The lowest BCUT2D eigenvalue weighted by Crippen LogP contribution is -2.18. The molecule has 1 aromatic heterocycles. The highest BCUT2D eigenvalue weighted by Gasteiger charge is 2.22. The molecule has 4 rings (SSSR count). The number of esters is 1. The van der Waals surface area contributed by atoms with Gasteiger partial charge < -0.3 is 14.6 Å². The fourth-order valence-electron chi connectivity index (χ4n) is 3.74. The molecule has 0 aliphatic carbocycles. The molecule has 4 aromatic rings. The van der Waals surface area contributed by atoms with E-state index in [-0.39, 0.29) is 23.1 Å². The Hall–Kier alpha value is -3.91. The quantitative estimate of drug-likeness (QED) is 0.400. The SMILES string of the molecule is COC(=O)c1ccc(NC(=O)Cn2cc(S(=O)(=O)Cc3ccc(C)cc3)c3ccccc32)cc1. The maximum Gasteiger partial charge on any atom is 0.337 e. The largest absolute Gasteiger partial charge is 0.465 e. The predicted molar refractivity (Wildman–Crippen MR) is 130 cm³/mol. The predicted octanol–water partition coefficient (Wildman–Crippen LogP) is 4.35. The molecule has 0 unspecified atom stereocenters. The van der Waals surface area contributed by atoms with Crippen LogP contribution < -0.4 is 5.32 Å². The van der Waals surface area contributed by atoms with Crippen LogP contribution in [-0.4, -0.2) is 32.0 Å². The fourth-order valence-corrected chi connectivity index (χ4v) is 5.32. The molecule has 0 saturated heterocycles. The minimum absolute atomic E-state index is 0.0701. The van der Waals surface area contributed by atoms with Crippen LogP contribution in [0.15, 0.2) is 83.9 Å². The van der Waals surface area contributed by atoms with E-state index in [4.69, 9.17) is 0 Å². The first-order valence-corrected chi connectivity index (χ1v) is 12.3. The van der Waals surface area contributed by atoms with Crippen LogP contribution >= 0.6 is 0 Å². The number of ether oxygens (including phenoxy) is 1. The number of amides is 1. The Morgan fingerprint density at radius 2 is 1.62 bits per heavy atom. The molecule has 8 heteroatoms. The van der Waals surface area contributed by atoms with Crippen LogP contribution in [0.5, 0.6) is 0 Å². The van der Waals surface area contributed by atoms with E-state index < -0.39 is 15.8 Å². The molecule has 0 fully saturated rings. The van der Waals surface area contributed by atoms with Gasteiger partial charge in [0.05, 0.1) is 23.3 Å². The Morgan fingerprint density at radius 1 is 0.941 bits per heavy atom. The number of hydrogen-bond donors (Lipinski definition) is 1. The number of carbonyl (C=O) groups excluding carboxylic acids is 2. The zero-order valence-electron chi connectivity index (χ0n) is 18.8. The summed E-state index contributed by atoms with van der Waals surface area (Å²) in [5.41, 5.74) is 3.31. The van der Waals surface area contributed by atoms with E-state index in [9.17, 15) is 18.0 Å². The second-order valence-corrected chi connectivity index (χ2v) is 9.96. The number of rotatable bonds is 7. The van der Waals surface area contributed by atoms with Crippen LogP contribution in [0, 0.1) is 6.92 Å². The average molecular weight is 477 g/mol. The molecule has 174 valence electrons. The number of aromatic nitrogens is 1. The van der Waals surface area contributed by atoms with Crippen molar-refractivity contribution in [1.29, 1.82) is 0 Å². The lowest BCUT2D eigenvalue weighted by molar-refractivity contribution is -0.116. The lowest BCUT2D eigenvalue weighted by Gasteiger charge is -2.08. The number of carbonyl (C=O) groups is 2. The number of aryl methyl sites for hydroxylation is 1. The van der Waals surface area contributed by atoms with Crippen molar-refractivity contribution >= 4 is 38.3 Å². The van der Waals surface area contributed by atoms with E-state index in [0.717, 1.165) is 5.56 Å². The smallest absolute Gasteiger partial charge is 0.337 e. The summed E-state index contributed by atoms with van der Waals surface area (Å²) in [5.74, 6) is -0.912. The van der Waals surface area contributed by atoms with Crippen LogP contribution in [0.25, 0.3) is 10.9 Å². The van der Waals surface area contributed by atoms with Gasteiger partial charge in [0.2, 0.25) is 5.91 Å². The van der Waals surface area contributed by atoms with Crippen LogP contribution in [-0.2, 0) is 31.7 Å². The molecular formula is C26H24N2O5S. The second kappa shape index (κ2) is 9.52. The first-order valence-electron chi connectivity index (χ1n) is 10.6. The molecule has 0 radical (unpaired) electrons. The Morgan fingerprint density at radius 3 is 2.29 bits per heavy atom. The summed E-state index contributed by atoms with van der Waals surface area (Å²) >= 11 is 0. The van der Waals surface area contributed by atoms with Crippen LogP contribution in [0.4, 0.5) is 5.69 Å². The number of para-hydroxylation sites is 1. The number of nitrogens with one attached hydrogen (secondary N) is 1. The van der Waals surface area contributed by atoms with Crippen molar-refractivity contribution in [2.45, 2.75) is 24.1 Å². The fraction of sp³-hybridized carbons (Fsp3) is 0.154. The Bertz CT molecular complexity index is 1450. The van der Waals surface area contributed by atoms with Crippen LogP contribution in [0.1, 0.15) is 21.5 Å². The topological polar surface area (TPSA) is 94.5 Å². The molecule has 1 heterocycles. The van der Waals surface area contributed by atoms with Gasteiger partial charge in [-0.2, -0.15) is 0 Å². The summed E-state index contributed by atoms with van der Waals surface area (Å²) in [5, 5.41) is 3.34. The van der Waals surface area contributed by atoms with Gasteiger partial charge in [0, 0.05) is 22.8 Å². The van der Waals surface area contributed by atoms with Gasteiger partial charge in [-0.05, 0) is 42.8 Å². The number of benzene rings is 3. The van der Waals surface area contributed by atoms with Gasteiger partial charge in [0.1, 0.15) is 6.54 Å². The molecule has 1 amide bonds. The molecule has 0 spiro atoms. The summed E-state index contributed by atoms with van der Waals surface area (Å²) in [7, 11) is -2.34. The van der Waals surface area contributed by atoms with Crippen molar-refractivity contribution in [2.75, 3.05) is 12.4 Å². The zero-order valence-corrected chi connectivity index (χ0v) is 19.6. The Balaban J connectivity index is 1.57. The third-order valence-electron chi connectivity index (χ3n) is 5.47. The lowest BCUT2D eigenvalue weighted by atomic mass is 10.2. The molecular weight excluding hydrogens is 452 g/mol. The van der Waals surface area contributed by atoms with E-state index in [1.807, 2.05) is 31.2 Å². The molecule has 0 bridgehead atoms. The number of hydrogen-bond acceptors (Lipinski definition) is 5. The minimum Gasteiger partial charge on any atom is -0.465 e. The molecule has 0 atom stereocenters. The van der Waals surface area contributed by atoms with E-state index in [1.165, 1.54) is 13.3 Å². The summed E-state index contributed by atoms with van der Waals surface area (Å²) in [6, 6.07) is 20.8. The van der Waals surface area contributed by atoms with Crippen molar-refractivity contribution < 1.29 is 22.7 Å². The van der Waals surface area contributed by atoms with Crippen molar-refractivity contribution in [2.24, 2.45) is 0 Å². The van der Waals surface area contributed by atoms with Gasteiger partial charge in [-0.15, -0.1) is 0 Å². The van der Waals surface area contributed by atoms with Gasteiger partial charge in [0.15, 0.2) is 9.84 Å². The highest BCUT2D eigenvalue weighted by Crippen LogP contribution is 2.28. The van der Waals surface area contributed by atoms with E-state index >= 15 is 0 Å². The molecule has 0 saturated carbocycles. The normalized spacial score (nSPS) is 11.4. The first-order chi connectivity index (χ1) is 16.3. The van der Waals surface area contributed by atoms with E-state index in [2.05, 4.69) is 10.1 Å². The second-order valence-electron chi connectivity index (χ2n) is 8.00. The van der Waals surface area contributed by atoms with E-state index in [1.54, 1.807) is 53.1 Å². The number of anilines is 1. The van der Waals surface area contributed by atoms with Crippen molar-refractivity contribution in [1.82, 2.24) is 4.57 Å². The molecule has 0 aliphatic rings. The van der Waals surface area contributed by atoms with Crippen molar-refractivity contribution in [3.63, 3.8) is 0 Å². The van der Waals surface area contributed by atoms with E-state index in [0.29, 0.717) is 27.7 Å². The molecule has 7 nitrogen and oxygen atoms in total. The Labute approximate surface area is 197 Å². The van der Waals surface area contributed by atoms with Gasteiger partial charge in [-0.25, -0.2) is 13.2 Å². The zero-order chi connectivity index (χ0) is 24.3. The molecule has 1 N–H and O–H groups in total. The minimum atomic E-state index is -3.64. The Kier molecular flexibility index (Phi) is 6.51. The first kappa shape index (κ1) is 23.3. The highest BCUT2D eigenvalue weighted by molar-refractivity contribution is 7.90. The number of methoxy groups -OCH3 is 1. The highest BCUT2D eigenvalue weighted by atomic mass is 32.2. The van der Waals surface area contributed by atoms with Gasteiger partial charge in [-0.1, -0.05) is 48.0 Å². The van der Waals surface area contributed by atoms with Gasteiger partial charge >= 0.3 is 5.97 Å². The third-order valence-corrected chi connectivity index (χ3v) is 7.18. The molecule has 0 aliphatic heterocycles. The van der Waals surface area contributed by atoms with Crippen LogP contribution in [0.3, 0.4) is 0 Å². The van der Waals surface area contributed by atoms with Crippen molar-refractivity contribution in [3.05, 3.63) is 95.7 Å². The maximum atomic E-state index is 13.3. The average Bonchev–Trinajstić information content (AvgIpc) is 3.20. The third kappa shape index (κ3) is 5.02. The van der Waals surface area contributed by atoms with Gasteiger partial charge in [0.25, 0.3) is 0 Å². The van der Waals surface area contributed by atoms with Crippen molar-refractivity contribution in [3.8, 4) is 0 Å². The number of fused-ring (bicyclic) bond motifs is 1. The number of sulfone groups is 1. The maximum absolute atomic E-state index is 13.3. The van der Waals surface area contributed by atoms with Gasteiger partial charge in [-0.3, -0.25) is 4.79 Å². The molecule has 34 heavy (non-hydrogen) atoms. The standard InChI is InChI=1S/C26H24N2O5S/c1-18-7-9-19(10-8-18)17-34(31,32)24-15-28(23-6-4-3-5-22(23)24)16-25(29)27-21-13-11-20(12-14-21)26(30)33-2/h3-15H,16-17H2,1-2H3,(H,27,29).